The summed E-state index contributed by atoms with van der Waals surface area (Å²) in [5.74, 6) is 1.10. The molecule has 1 atom stereocenters. The number of ether oxygens (including phenoxy) is 1. The zero-order valence-electron chi connectivity index (χ0n) is 15.0. The Morgan fingerprint density at radius 3 is 2.84 bits per heavy atom. The molecule has 1 aromatic heterocycles. The molecule has 8 heteroatoms. The van der Waals surface area contributed by atoms with Gasteiger partial charge < -0.3 is 19.4 Å². The number of quaternary nitrogens is 1. The predicted molar refractivity (Wildman–Crippen MR) is 97.0 cm³/mol. The topological polar surface area (TPSA) is 73.7 Å². The summed E-state index contributed by atoms with van der Waals surface area (Å²) in [7, 11) is 1.91. The molecular weight excluding hydrogens is 340 g/mol. The molecule has 0 aliphatic heterocycles. The number of amides is 1. The van der Waals surface area contributed by atoms with Crippen LogP contribution in [0.15, 0.2) is 28.7 Å². The van der Waals surface area contributed by atoms with Crippen LogP contribution < -0.4 is 15.0 Å². The van der Waals surface area contributed by atoms with Crippen LogP contribution in [0.5, 0.6) is 5.75 Å². The van der Waals surface area contributed by atoms with E-state index in [4.69, 9.17) is 21.4 Å². The molecule has 136 valence electrons. The van der Waals surface area contributed by atoms with Gasteiger partial charge in [0, 0.05) is 6.04 Å². The highest BCUT2D eigenvalue weighted by Crippen LogP contribution is 2.28. The van der Waals surface area contributed by atoms with Gasteiger partial charge in [-0.2, -0.15) is 4.68 Å². The lowest BCUT2D eigenvalue weighted by atomic mass is 10.2. The van der Waals surface area contributed by atoms with Crippen molar-refractivity contribution in [2.75, 3.05) is 20.2 Å². The van der Waals surface area contributed by atoms with Crippen LogP contribution in [-0.2, 0) is 11.5 Å². The van der Waals surface area contributed by atoms with Crippen LogP contribution in [0.25, 0.3) is 11.5 Å². The van der Waals surface area contributed by atoms with Gasteiger partial charge in [-0.15, -0.1) is 5.10 Å². The second kappa shape index (κ2) is 8.77. The van der Waals surface area contributed by atoms with Gasteiger partial charge >= 0.3 is 0 Å². The van der Waals surface area contributed by atoms with Gasteiger partial charge in [-0.1, -0.05) is 12.1 Å². The van der Waals surface area contributed by atoms with E-state index in [-0.39, 0.29) is 16.8 Å². The lowest BCUT2D eigenvalue weighted by Crippen LogP contribution is -3.09. The average molecular weight is 365 g/mol. The fraction of sp³-hybridized carbons (Fsp3) is 0.471. The van der Waals surface area contributed by atoms with Crippen molar-refractivity contribution in [1.82, 2.24) is 15.1 Å². The van der Waals surface area contributed by atoms with Crippen molar-refractivity contribution in [1.29, 1.82) is 0 Å². The molecule has 7 nitrogen and oxygen atoms in total. The van der Waals surface area contributed by atoms with Crippen LogP contribution in [0.1, 0.15) is 20.8 Å². The summed E-state index contributed by atoms with van der Waals surface area (Å²) in [6.07, 6.45) is 0. The minimum Gasteiger partial charge on any atom is -0.493 e. The van der Waals surface area contributed by atoms with Gasteiger partial charge in [0.1, 0.15) is 5.75 Å². The van der Waals surface area contributed by atoms with Gasteiger partial charge in [0.05, 0.1) is 19.2 Å². The van der Waals surface area contributed by atoms with Crippen molar-refractivity contribution in [3.05, 3.63) is 29.1 Å². The predicted octanol–water partition coefficient (Wildman–Crippen LogP) is 1.27. The van der Waals surface area contributed by atoms with Gasteiger partial charge in [-0.05, 0) is 45.1 Å². The van der Waals surface area contributed by atoms with E-state index in [1.54, 1.807) is 4.68 Å². The maximum absolute atomic E-state index is 11.9. The Balaban J connectivity index is 2.13. The van der Waals surface area contributed by atoms with E-state index in [0.717, 1.165) is 10.5 Å². The molecule has 1 heterocycles. The quantitative estimate of drug-likeness (QED) is 0.689. The van der Waals surface area contributed by atoms with Crippen molar-refractivity contribution in [2.45, 2.75) is 33.5 Å². The normalized spacial score (nSPS) is 12.2. The molecular formula is C17H25N4O3S+. The second-order valence-corrected chi connectivity index (χ2v) is 6.47. The van der Waals surface area contributed by atoms with Crippen LogP contribution in [0.2, 0.25) is 0 Å². The maximum atomic E-state index is 11.9. The Hall–Kier alpha value is -2.19. The van der Waals surface area contributed by atoms with E-state index < -0.39 is 0 Å². The van der Waals surface area contributed by atoms with Crippen molar-refractivity contribution in [3.8, 4) is 17.2 Å². The van der Waals surface area contributed by atoms with Gasteiger partial charge in [-0.3, -0.25) is 4.79 Å². The summed E-state index contributed by atoms with van der Waals surface area (Å²) in [6, 6.07) is 7.65. The van der Waals surface area contributed by atoms with E-state index in [0.29, 0.717) is 31.5 Å². The zero-order valence-corrected chi connectivity index (χ0v) is 15.9. The lowest BCUT2D eigenvalue weighted by molar-refractivity contribution is -0.895. The van der Waals surface area contributed by atoms with Crippen LogP contribution >= 0.6 is 12.2 Å². The number of para-hydroxylation sites is 1. The number of nitrogens with zero attached hydrogens (tertiary/aromatic N) is 2. The van der Waals surface area contributed by atoms with Crippen LogP contribution in [0.3, 0.4) is 0 Å². The molecule has 0 saturated carbocycles. The van der Waals surface area contributed by atoms with E-state index in [1.807, 2.05) is 52.1 Å². The van der Waals surface area contributed by atoms with Crippen molar-refractivity contribution in [3.63, 3.8) is 0 Å². The van der Waals surface area contributed by atoms with E-state index in [9.17, 15) is 4.79 Å². The molecule has 0 fully saturated rings. The minimum absolute atomic E-state index is 0.00979. The summed E-state index contributed by atoms with van der Waals surface area (Å²) in [4.78, 5) is 13.1. The van der Waals surface area contributed by atoms with Crippen LogP contribution in [0.4, 0.5) is 0 Å². The molecule has 0 radical (unpaired) electrons. The van der Waals surface area contributed by atoms with Gasteiger partial charge in [-0.25, -0.2) is 0 Å². The summed E-state index contributed by atoms with van der Waals surface area (Å²) in [5.41, 5.74) is 0.754. The van der Waals surface area contributed by atoms with Crippen molar-refractivity contribution < 1.29 is 18.8 Å². The summed E-state index contributed by atoms with van der Waals surface area (Å²) >= 11 is 5.26. The van der Waals surface area contributed by atoms with Gasteiger partial charge in [0.2, 0.25) is 0 Å². The number of likely N-dealkylation sites (N-methyl/N-ethyl adjacent to an activating group) is 1. The summed E-state index contributed by atoms with van der Waals surface area (Å²) in [6.45, 7) is 7.11. The number of rotatable bonds is 8. The number of carbonyl (C=O) groups excluding carboxylic acids is 1. The van der Waals surface area contributed by atoms with Gasteiger partial charge in [0.25, 0.3) is 16.6 Å². The first-order valence-corrected chi connectivity index (χ1v) is 8.72. The van der Waals surface area contributed by atoms with Gasteiger partial charge in [0.15, 0.2) is 13.2 Å². The SMILES string of the molecule is CCOc1ccccc1-c1nn(C[NH+](C)CC(=O)NC(C)C)c(=S)o1. The Morgan fingerprint density at radius 2 is 2.16 bits per heavy atom. The number of carbonyl (C=O) groups is 1. The number of aromatic nitrogens is 2. The van der Waals surface area contributed by atoms with Crippen molar-refractivity contribution >= 4 is 18.1 Å². The summed E-state index contributed by atoms with van der Waals surface area (Å²) < 4.78 is 12.8. The Kier molecular flexibility index (Phi) is 6.72. The average Bonchev–Trinajstić information content (AvgIpc) is 2.87. The Labute approximate surface area is 152 Å². The summed E-state index contributed by atoms with van der Waals surface area (Å²) in [5, 5.41) is 7.32. The fourth-order valence-corrected chi connectivity index (χ4v) is 2.58. The minimum atomic E-state index is -0.00979. The third-order valence-corrected chi connectivity index (χ3v) is 3.65. The molecule has 1 unspecified atom stereocenters. The molecule has 0 aliphatic carbocycles. The standard InChI is InChI=1S/C17H24N4O3S/c1-5-23-14-9-7-6-8-13(14)16-19-21(17(25)24-16)11-20(4)10-15(22)18-12(2)3/h6-9,12H,5,10-11H2,1-4H3,(H,18,22)/p+1. The fourth-order valence-electron chi connectivity index (χ4n) is 2.40. The molecule has 25 heavy (non-hydrogen) atoms. The van der Waals surface area contributed by atoms with Crippen LogP contribution in [0, 0.1) is 4.84 Å². The molecule has 0 saturated heterocycles. The molecule has 1 amide bonds. The molecule has 0 bridgehead atoms. The first-order valence-electron chi connectivity index (χ1n) is 8.31. The Morgan fingerprint density at radius 1 is 1.44 bits per heavy atom. The molecule has 1 aromatic carbocycles. The number of nitrogens with one attached hydrogen (secondary N) is 2. The highest BCUT2D eigenvalue weighted by Gasteiger charge is 2.16. The van der Waals surface area contributed by atoms with E-state index >= 15 is 0 Å². The first-order chi connectivity index (χ1) is 11.9. The smallest absolute Gasteiger partial charge is 0.292 e. The molecule has 0 aliphatic rings. The Bertz CT molecular complexity index is 769. The number of hydrogen-bond donors (Lipinski definition) is 2. The first kappa shape index (κ1) is 19.1. The third-order valence-electron chi connectivity index (χ3n) is 3.36. The third kappa shape index (κ3) is 5.40. The zero-order chi connectivity index (χ0) is 18.4. The van der Waals surface area contributed by atoms with Crippen LogP contribution in [-0.4, -0.2) is 41.9 Å². The maximum Gasteiger partial charge on any atom is 0.292 e. The lowest BCUT2D eigenvalue weighted by Gasteiger charge is -2.14. The number of hydrogen-bond acceptors (Lipinski definition) is 5. The largest absolute Gasteiger partial charge is 0.493 e. The van der Waals surface area contributed by atoms with Crippen molar-refractivity contribution in [2.24, 2.45) is 0 Å². The highest BCUT2D eigenvalue weighted by molar-refractivity contribution is 7.71. The highest BCUT2D eigenvalue weighted by atomic mass is 32.1. The number of benzene rings is 1. The molecule has 2 aromatic rings. The second-order valence-electron chi connectivity index (χ2n) is 6.12. The van der Waals surface area contributed by atoms with E-state index in [2.05, 4.69) is 10.4 Å². The van der Waals surface area contributed by atoms with E-state index in [1.165, 1.54) is 0 Å². The molecule has 2 rings (SSSR count). The monoisotopic (exact) mass is 365 g/mol. The molecule has 0 spiro atoms. The molecule has 2 N–H and O–H groups in total.